The quantitative estimate of drug-likeness (QED) is 0.311. The first-order valence-electron chi connectivity index (χ1n) is 12.5. The highest BCUT2D eigenvalue weighted by Crippen LogP contribution is 2.44. The minimum atomic E-state index is -1.14. The van der Waals surface area contributed by atoms with Crippen LogP contribution in [-0.2, 0) is 12.0 Å². The molecule has 5 aromatic rings. The van der Waals surface area contributed by atoms with Gasteiger partial charge in [-0.3, -0.25) is 4.98 Å². The minimum Gasteiger partial charge on any atom is -0.384 e. The summed E-state index contributed by atoms with van der Waals surface area (Å²) in [4.78, 5) is 7.21. The van der Waals surface area contributed by atoms with Crippen molar-refractivity contribution in [3.05, 3.63) is 120 Å². The molecule has 0 bridgehead atoms. The molecule has 5 rings (SSSR count). The molecule has 1 aromatic heterocycles. The van der Waals surface area contributed by atoms with Crippen LogP contribution < -0.4 is 5.46 Å². The topological polar surface area (TPSA) is 36.4 Å². The molecule has 1 unspecified atom stereocenters. The average Bonchev–Trinajstić information content (AvgIpc) is 2.90. The van der Waals surface area contributed by atoms with Crippen LogP contribution in [-0.4, -0.2) is 43.5 Å². The van der Waals surface area contributed by atoms with Crippen molar-refractivity contribution in [2.45, 2.75) is 24.4 Å². The van der Waals surface area contributed by atoms with Crippen molar-refractivity contribution in [3.8, 4) is 0 Å². The molecule has 0 amide bonds. The fourth-order valence-electron chi connectivity index (χ4n) is 5.22. The van der Waals surface area contributed by atoms with Gasteiger partial charge in [-0.15, -0.1) is 0 Å². The van der Waals surface area contributed by atoms with E-state index in [9.17, 15) is 5.11 Å². The Bertz CT molecular complexity index is 1480. The Balaban J connectivity index is 1.72. The number of nitrogens with zero attached hydrogens (tertiary/aromatic N) is 2. The van der Waals surface area contributed by atoms with Crippen LogP contribution in [0, 0.1) is 0 Å². The Morgan fingerprint density at radius 3 is 2.39 bits per heavy atom. The van der Waals surface area contributed by atoms with E-state index in [0.29, 0.717) is 12.8 Å². The fourth-order valence-corrected chi connectivity index (χ4v) is 5.22. The lowest BCUT2D eigenvalue weighted by Gasteiger charge is -2.38. The van der Waals surface area contributed by atoms with E-state index in [4.69, 9.17) is 12.8 Å². The molecular formula is C32H31BN2O. The van der Waals surface area contributed by atoms with E-state index in [-0.39, 0.29) is 5.92 Å². The predicted octanol–water partition coefficient (Wildman–Crippen LogP) is 5.35. The Morgan fingerprint density at radius 2 is 1.58 bits per heavy atom. The van der Waals surface area contributed by atoms with Crippen molar-refractivity contribution in [1.29, 1.82) is 0 Å². The SMILES string of the molecule is [B]c1ccc2nc(C(Cc3ccccc3)[C@](O)(CCN(C)C)c3cccc4ccccc34)ccc2c1. The van der Waals surface area contributed by atoms with Crippen LogP contribution in [0.15, 0.2) is 103 Å². The van der Waals surface area contributed by atoms with Gasteiger partial charge in [0.15, 0.2) is 0 Å². The summed E-state index contributed by atoms with van der Waals surface area (Å²) in [5.74, 6) is -0.257. The Kier molecular flexibility index (Phi) is 6.91. The summed E-state index contributed by atoms with van der Waals surface area (Å²) in [5, 5.41) is 16.0. The maximum atomic E-state index is 12.8. The highest BCUT2D eigenvalue weighted by atomic mass is 16.3. The standard InChI is InChI=1S/C32H31BN2O/c1-35(2)20-19-32(36,28-14-8-12-24-11-6-7-13-27(24)28)29(21-23-9-4-3-5-10-23)31-17-15-25-22-26(33)16-18-30(25)34-31/h3-18,22,29,36H,19-21H2,1-2H3/t29?,32-/m0/s1. The third-order valence-electron chi connectivity index (χ3n) is 7.15. The number of benzene rings is 4. The van der Waals surface area contributed by atoms with E-state index in [1.807, 2.05) is 36.4 Å². The monoisotopic (exact) mass is 470 g/mol. The summed E-state index contributed by atoms with van der Waals surface area (Å²) < 4.78 is 0. The summed E-state index contributed by atoms with van der Waals surface area (Å²) in [6, 6.07) is 34.9. The number of pyridine rings is 1. The van der Waals surface area contributed by atoms with Gasteiger partial charge in [0.1, 0.15) is 13.4 Å². The number of aliphatic hydroxyl groups is 1. The summed E-state index contributed by atoms with van der Waals surface area (Å²) in [6.07, 6.45) is 1.24. The molecule has 36 heavy (non-hydrogen) atoms. The summed E-state index contributed by atoms with van der Waals surface area (Å²) in [6.45, 7) is 0.745. The van der Waals surface area contributed by atoms with Crippen LogP contribution in [0.25, 0.3) is 21.7 Å². The van der Waals surface area contributed by atoms with Crippen molar-refractivity contribution < 1.29 is 5.11 Å². The minimum absolute atomic E-state index is 0.257. The van der Waals surface area contributed by atoms with Crippen LogP contribution >= 0.6 is 0 Å². The van der Waals surface area contributed by atoms with E-state index < -0.39 is 5.60 Å². The van der Waals surface area contributed by atoms with Crippen molar-refractivity contribution in [2.75, 3.05) is 20.6 Å². The number of hydrogen-bond donors (Lipinski definition) is 1. The van der Waals surface area contributed by atoms with Crippen LogP contribution in [0.5, 0.6) is 0 Å². The van der Waals surface area contributed by atoms with Crippen LogP contribution in [0.4, 0.5) is 0 Å². The third-order valence-corrected chi connectivity index (χ3v) is 7.15. The van der Waals surface area contributed by atoms with Gasteiger partial charge in [0, 0.05) is 18.2 Å². The fraction of sp³-hybridized carbons (Fsp3) is 0.219. The van der Waals surface area contributed by atoms with Crippen LogP contribution in [0.3, 0.4) is 0 Å². The molecule has 4 heteroatoms. The molecule has 0 fully saturated rings. The van der Waals surface area contributed by atoms with Crippen molar-refractivity contribution in [1.82, 2.24) is 9.88 Å². The maximum absolute atomic E-state index is 12.8. The first kappa shape index (κ1) is 24.2. The molecule has 0 saturated carbocycles. The molecule has 3 nitrogen and oxygen atoms in total. The molecule has 178 valence electrons. The number of aromatic nitrogens is 1. The van der Waals surface area contributed by atoms with Gasteiger partial charge in [-0.1, -0.05) is 96.5 Å². The second-order valence-corrected chi connectivity index (χ2v) is 9.93. The number of fused-ring (bicyclic) bond motifs is 2. The molecule has 0 aliphatic rings. The first-order chi connectivity index (χ1) is 17.4. The van der Waals surface area contributed by atoms with Crippen molar-refractivity contribution >= 4 is 35.0 Å². The molecule has 2 radical (unpaired) electrons. The summed E-state index contributed by atoms with van der Waals surface area (Å²) >= 11 is 0. The maximum Gasteiger partial charge on any atom is 0.113 e. The van der Waals surface area contributed by atoms with Gasteiger partial charge in [-0.2, -0.15) is 0 Å². The normalized spacial score (nSPS) is 14.2. The molecule has 4 aromatic carbocycles. The highest BCUT2D eigenvalue weighted by Gasteiger charge is 2.41. The van der Waals surface area contributed by atoms with E-state index in [1.54, 1.807) is 0 Å². The van der Waals surface area contributed by atoms with Crippen LogP contribution in [0.2, 0.25) is 0 Å². The predicted molar refractivity (Wildman–Crippen MR) is 151 cm³/mol. The molecule has 0 aliphatic carbocycles. The number of hydrogen-bond acceptors (Lipinski definition) is 3. The molecule has 0 saturated heterocycles. The van der Waals surface area contributed by atoms with Gasteiger partial charge in [-0.25, -0.2) is 0 Å². The Morgan fingerprint density at radius 1 is 0.833 bits per heavy atom. The van der Waals surface area contributed by atoms with Gasteiger partial charge in [-0.05, 0) is 66.4 Å². The number of rotatable bonds is 8. The molecule has 1 heterocycles. The van der Waals surface area contributed by atoms with Gasteiger partial charge in [0.2, 0.25) is 0 Å². The zero-order valence-electron chi connectivity index (χ0n) is 20.9. The van der Waals surface area contributed by atoms with Crippen LogP contribution in [0.1, 0.15) is 29.2 Å². The van der Waals surface area contributed by atoms with Crippen molar-refractivity contribution in [3.63, 3.8) is 0 Å². The molecule has 0 spiro atoms. The van der Waals surface area contributed by atoms with E-state index in [2.05, 4.69) is 85.7 Å². The Hall–Kier alpha value is -3.47. The molecular weight excluding hydrogens is 439 g/mol. The lowest BCUT2D eigenvalue weighted by atomic mass is 9.72. The molecule has 1 N–H and O–H groups in total. The molecule has 0 aliphatic heterocycles. The van der Waals surface area contributed by atoms with E-state index in [1.165, 1.54) is 5.56 Å². The summed E-state index contributed by atoms with van der Waals surface area (Å²) in [5.41, 5.74) is 3.46. The largest absolute Gasteiger partial charge is 0.384 e. The second kappa shape index (κ2) is 10.3. The zero-order chi connectivity index (χ0) is 25.1. The lowest BCUT2D eigenvalue weighted by molar-refractivity contribution is -0.00701. The lowest BCUT2D eigenvalue weighted by Crippen LogP contribution is -2.38. The van der Waals surface area contributed by atoms with Gasteiger partial charge in [0.25, 0.3) is 0 Å². The van der Waals surface area contributed by atoms with Gasteiger partial charge >= 0.3 is 0 Å². The zero-order valence-corrected chi connectivity index (χ0v) is 20.9. The first-order valence-corrected chi connectivity index (χ1v) is 12.5. The van der Waals surface area contributed by atoms with Gasteiger partial charge < -0.3 is 10.0 Å². The molecule has 2 atom stereocenters. The highest BCUT2D eigenvalue weighted by molar-refractivity contribution is 6.33. The summed E-state index contributed by atoms with van der Waals surface area (Å²) in [7, 11) is 10.1. The van der Waals surface area contributed by atoms with E-state index in [0.717, 1.165) is 44.9 Å². The third kappa shape index (κ3) is 4.93. The average molecular weight is 470 g/mol. The second-order valence-electron chi connectivity index (χ2n) is 9.93. The van der Waals surface area contributed by atoms with Gasteiger partial charge in [0.05, 0.1) is 5.52 Å². The van der Waals surface area contributed by atoms with Crippen molar-refractivity contribution in [2.24, 2.45) is 0 Å². The van der Waals surface area contributed by atoms with E-state index >= 15 is 0 Å². The Labute approximate surface area is 214 Å². The smallest absolute Gasteiger partial charge is 0.113 e.